The van der Waals surface area contributed by atoms with Crippen molar-refractivity contribution in [1.82, 2.24) is 0 Å². The fourth-order valence-corrected chi connectivity index (χ4v) is 0.762. The van der Waals surface area contributed by atoms with Crippen LogP contribution in [-0.4, -0.2) is 54.6 Å². The molecule has 1 unspecified atom stereocenters. The van der Waals surface area contributed by atoms with E-state index in [4.69, 9.17) is 9.47 Å². The molecule has 0 aliphatic carbocycles. The Morgan fingerprint density at radius 1 is 1.69 bits per heavy atom. The maximum absolute atomic E-state index is 10.5. The van der Waals surface area contributed by atoms with Gasteiger partial charge in [-0.05, 0) is 5.16 Å². The number of rotatable bonds is 2. The van der Waals surface area contributed by atoms with Gasteiger partial charge < -0.3 is 14.3 Å². The van der Waals surface area contributed by atoms with Crippen LogP contribution in [0.4, 0.5) is 0 Å². The summed E-state index contributed by atoms with van der Waals surface area (Å²) in [7, 11) is 1.39. The first kappa shape index (κ1) is 12.5. The Morgan fingerprint density at radius 2 is 2.38 bits per heavy atom. The smallest absolute Gasteiger partial charge is 0.303 e. The van der Waals surface area contributed by atoms with E-state index in [-0.39, 0.29) is 41.4 Å². The van der Waals surface area contributed by atoms with E-state index in [1.807, 2.05) is 0 Å². The molecule has 0 saturated heterocycles. The summed E-state index contributed by atoms with van der Waals surface area (Å²) in [6.45, 7) is 1.32. The molecular formula is C7H9NNaO4. The zero-order chi connectivity index (χ0) is 8.97. The molecular weight excluding hydrogens is 185 g/mol. The van der Waals surface area contributed by atoms with Gasteiger partial charge in [0.2, 0.25) is 6.10 Å². The van der Waals surface area contributed by atoms with Crippen molar-refractivity contribution in [3.63, 3.8) is 0 Å². The molecule has 13 heavy (non-hydrogen) atoms. The molecule has 1 rings (SSSR count). The van der Waals surface area contributed by atoms with Crippen molar-refractivity contribution in [1.29, 1.82) is 0 Å². The molecule has 0 aromatic rings. The number of hydrogen-bond donors (Lipinski definition) is 0. The average Bonchev–Trinajstić information content (AvgIpc) is 2.37. The Labute approximate surface area is 98.0 Å². The van der Waals surface area contributed by atoms with Crippen LogP contribution in [0.25, 0.3) is 0 Å². The number of hydrogen-bond acceptors (Lipinski definition) is 5. The Kier molecular flexibility index (Phi) is 5.77. The summed E-state index contributed by atoms with van der Waals surface area (Å²) in [6.07, 6.45) is 2.41. The predicted octanol–water partition coefficient (Wildman–Crippen LogP) is 0.0411. The quantitative estimate of drug-likeness (QED) is 0.354. The molecule has 0 aromatic heterocycles. The number of carbonyl (C=O) groups is 1. The molecule has 1 atom stereocenters. The number of esters is 1. The van der Waals surface area contributed by atoms with Gasteiger partial charge in [0.25, 0.3) is 5.90 Å². The maximum atomic E-state index is 10.5. The van der Waals surface area contributed by atoms with E-state index in [2.05, 4.69) is 9.99 Å². The fourth-order valence-electron chi connectivity index (χ4n) is 0.762. The Balaban J connectivity index is 0.00000144. The van der Waals surface area contributed by atoms with Gasteiger partial charge in [0, 0.05) is 42.6 Å². The second-order valence-corrected chi connectivity index (χ2v) is 2.09. The number of ether oxygens (including phenoxy) is 2. The Hall–Kier alpha value is -0.520. The van der Waals surface area contributed by atoms with E-state index in [1.54, 1.807) is 6.08 Å². The van der Waals surface area contributed by atoms with Crippen molar-refractivity contribution in [2.24, 2.45) is 5.16 Å². The zero-order valence-electron chi connectivity index (χ0n) is 7.81. The molecule has 6 heteroatoms. The van der Waals surface area contributed by atoms with Gasteiger partial charge >= 0.3 is 5.97 Å². The molecule has 1 aliphatic heterocycles. The van der Waals surface area contributed by atoms with Gasteiger partial charge in [-0.15, -0.1) is 0 Å². The van der Waals surface area contributed by atoms with Crippen molar-refractivity contribution < 1.29 is 19.1 Å². The first-order chi connectivity index (χ1) is 5.74. The minimum Gasteiger partial charge on any atom is -0.448 e. The normalized spacial score (nSPS) is 22.0. The third-order valence-corrected chi connectivity index (χ3v) is 1.16. The summed E-state index contributed by atoms with van der Waals surface area (Å²) in [5.74, 6) is -0.161. The molecule has 5 nitrogen and oxygen atoms in total. The monoisotopic (exact) mass is 194 g/mol. The van der Waals surface area contributed by atoms with Crippen LogP contribution in [0.1, 0.15) is 6.92 Å². The number of nitrogens with zero attached hydrogens (tertiary/aromatic N) is 1. The van der Waals surface area contributed by atoms with Crippen molar-refractivity contribution in [2.75, 3.05) is 7.11 Å². The van der Waals surface area contributed by atoms with Crippen LogP contribution < -0.4 is 0 Å². The van der Waals surface area contributed by atoms with Gasteiger partial charge in [0.15, 0.2) is 0 Å². The molecule has 1 aliphatic rings. The fraction of sp³-hybridized carbons (Fsp3) is 0.429. The van der Waals surface area contributed by atoms with Crippen LogP contribution in [-0.2, 0) is 19.1 Å². The van der Waals surface area contributed by atoms with E-state index in [0.29, 0.717) is 0 Å². The van der Waals surface area contributed by atoms with Gasteiger partial charge in [-0.2, -0.15) is 0 Å². The summed E-state index contributed by atoms with van der Waals surface area (Å²) in [5, 5.41) is 3.51. The summed E-state index contributed by atoms with van der Waals surface area (Å²) >= 11 is 0. The number of oxime groups is 1. The van der Waals surface area contributed by atoms with Crippen molar-refractivity contribution >= 4 is 41.4 Å². The minimum atomic E-state index is -0.553. The van der Waals surface area contributed by atoms with Crippen LogP contribution in [0.15, 0.2) is 17.5 Å². The van der Waals surface area contributed by atoms with Gasteiger partial charge in [-0.1, -0.05) is 0 Å². The van der Waals surface area contributed by atoms with Gasteiger partial charge in [0.1, 0.15) is 7.11 Å². The maximum Gasteiger partial charge on any atom is 0.303 e. The van der Waals surface area contributed by atoms with Gasteiger partial charge in [-0.3, -0.25) is 4.79 Å². The SMILES string of the molecule is CON=C1OC=CC1OC(C)=O.[Na]. The van der Waals surface area contributed by atoms with Gasteiger partial charge in [-0.25, -0.2) is 0 Å². The van der Waals surface area contributed by atoms with Crippen LogP contribution in [0.3, 0.4) is 0 Å². The third kappa shape index (κ3) is 3.80. The molecule has 1 radical (unpaired) electrons. The van der Waals surface area contributed by atoms with E-state index in [0.717, 1.165) is 0 Å². The molecule has 67 valence electrons. The predicted molar refractivity (Wildman–Crippen MR) is 46.0 cm³/mol. The minimum absolute atomic E-state index is 0. The standard InChI is InChI=1S/C7H9NO4.Na/c1-5(9)12-6-3-4-11-7(6)8-10-2;/h3-4,6H,1-2H3;. The van der Waals surface area contributed by atoms with Gasteiger partial charge in [0.05, 0.1) is 6.26 Å². The summed E-state index contributed by atoms with van der Waals surface area (Å²) in [6, 6.07) is 0. The first-order valence-corrected chi connectivity index (χ1v) is 3.35. The van der Waals surface area contributed by atoms with E-state index in [1.165, 1.54) is 20.3 Å². The van der Waals surface area contributed by atoms with Crippen molar-refractivity contribution in [3.8, 4) is 0 Å². The van der Waals surface area contributed by atoms with Crippen LogP contribution in [0.2, 0.25) is 0 Å². The van der Waals surface area contributed by atoms with Crippen molar-refractivity contribution in [2.45, 2.75) is 13.0 Å². The molecule has 0 fully saturated rings. The van der Waals surface area contributed by atoms with Crippen LogP contribution in [0, 0.1) is 0 Å². The Morgan fingerprint density at radius 3 is 2.92 bits per heavy atom. The second kappa shape index (κ2) is 6.01. The molecule has 0 N–H and O–H groups in total. The summed E-state index contributed by atoms with van der Waals surface area (Å²) in [5.41, 5.74) is 0. The van der Waals surface area contributed by atoms with E-state index >= 15 is 0 Å². The Bertz CT molecular complexity index is 239. The molecule has 0 saturated carbocycles. The molecule has 0 aromatic carbocycles. The molecule has 1 heterocycles. The largest absolute Gasteiger partial charge is 0.448 e. The average molecular weight is 194 g/mol. The molecule has 0 bridgehead atoms. The first-order valence-electron chi connectivity index (χ1n) is 3.35. The third-order valence-electron chi connectivity index (χ3n) is 1.16. The summed E-state index contributed by atoms with van der Waals surface area (Å²) in [4.78, 5) is 15.0. The van der Waals surface area contributed by atoms with Crippen molar-refractivity contribution in [3.05, 3.63) is 12.3 Å². The topological polar surface area (TPSA) is 57.1 Å². The van der Waals surface area contributed by atoms with E-state index < -0.39 is 6.10 Å². The zero-order valence-corrected chi connectivity index (χ0v) is 9.81. The van der Waals surface area contributed by atoms with Crippen LogP contribution >= 0.6 is 0 Å². The van der Waals surface area contributed by atoms with E-state index in [9.17, 15) is 4.79 Å². The number of carbonyl (C=O) groups excluding carboxylic acids is 1. The molecule has 0 spiro atoms. The molecule has 0 amide bonds. The summed E-state index contributed by atoms with van der Waals surface area (Å²) < 4.78 is 9.69. The van der Waals surface area contributed by atoms with Crippen LogP contribution in [0.5, 0.6) is 0 Å². The second-order valence-electron chi connectivity index (χ2n) is 2.09.